The molecule has 1 heterocycles. The largest absolute Gasteiger partial charge is 0.497 e. The van der Waals surface area contributed by atoms with Crippen LogP contribution in [0.3, 0.4) is 0 Å². The highest BCUT2D eigenvalue weighted by atomic mass is 16.5. The van der Waals surface area contributed by atoms with E-state index in [9.17, 15) is 4.79 Å². The van der Waals surface area contributed by atoms with E-state index in [-0.39, 0.29) is 17.4 Å². The van der Waals surface area contributed by atoms with Gasteiger partial charge in [0.15, 0.2) is 0 Å². The number of hydrogen-bond donors (Lipinski definition) is 1. The van der Waals surface area contributed by atoms with Crippen LogP contribution in [0.5, 0.6) is 5.75 Å². The van der Waals surface area contributed by atoms with Crippen LogP contribution in [-0.4, -0.2) is 44.1 Å². The van der Waals surface area contributed by atoms with Crippen LogP contribution < -0.4 is 10.1 Å². The zero-order chi connectivity index (χ0) is 19.6. The third kappa shape index (κ3) is 3.66. The number of nitrogens with one attached hydrogen (secondary N) is 1. The summed E-state index contributed by atoms with van der Waals surface area (Å²) < 4.78 is 5.51. The fourth-order valence-corrected chi connectivity index (χ4v) is 5.23. The number of rotatable bonds is 4. The molecule has 2 aromatic rings. The quantitative estimate of drug-likeness (QED) is 0.878. The monoisotopic (exact) mass is 378 g/mol. The van der Waals surface area contributed by atoms with Crippen LogP contribution in [0.15, 0.2) is 54.6 Å². The Bertz CT molecular complexity index is 822. The van der Waals surface area contributed by atoms with E-state index in [0.29, 0.717) is 5.92 Å². The molecule has 0 aromatic heterocycles. The van der Waals surface area contributed by atoms with Crippen molar-refractivity contribution >= 4 is 5.91 Å². The lowest BCUT2D eigenvalue weighted by molar-refractivity contribution is 0.0533. The highest BCUT2D eigenvalue weighted by Crippen LogP contribution is 2.49. The molecule has 3 unspecified atom stereocenters. The minimum absolute atomic E-state index is 0.0396. The van der Waals surface area contributed by atoms with Crippen molar-refractivity contribution in [2.24, 2.45) is 5.92 Å². The van der Waals surface area contributed by atoms with E-state index in [0.717, 1.165) is 50.1 Å². The first-order chi connectivity index (χ1) is 13.6. The molecule has 4 rings (SSSR count). The van der Waals surface area contributed by atoms with Crippen LogP contribution in [0.1, 0.15) is 41.6 Å². The maximum atomic E-state index is 12.7. The van der Waals surface area contributed by atoms with Gasteiger partial charge in [-0.25, -0.2) is 0 Å². The molecule has 2 aromatic carbocycles. The third-order valence-electron chi connectivity index (χ3n) is 6.74. The molecule has 0 radical (unpaired) electrons. The number of methoxy groups -OCH3 is 1. The Balaban J connectivity index is 1.60. The number of benzene rings is 2. The minimum atomic E-state index is 0.0396. The molecular formula is C24H30N2O2. The number of carbonyl (C=O) groups is 1. The number of hydrogen-bond acceptors (Lipinski definition) is 3. The van der Waals surface area contributed by atoms with Gasteiger partial charge in [-0.15, -0.1) is 0 Å². The first kappa shape index (κ1) is 19.0. The second kappa shape index (κ2) is 7.96. The molecule has 0 bridgehead atoms. The molecule has 1 saturated heterocycles. The van der Waals surface area contributed by atoms with Gasteiger partial charge in [-0.2, -0.15) is 0 Å². The molecule has 0 spiro atoms. The van der Waals surface area contributed by atoms with Gasteiger partial charge in [0.25, 0.3) is 5.91 Å². The van der Waals surface area contributed by atoms with Crippen molar-refractivity contribution < 1.29 is 9.53 Å². The molecular weight excluding hydrogens is 348 g/mol. The molecule has 2 fully saturated rings. The summed E-state index contributed by atoms with van der Waals surface area (Å²) in [6.45, 7) is 2.21. The number of carbonyl (C=O) groups excluding carboxylic acids is 1. The van der Waals surface area contributed by atoms with Gasteiger partial charge < -0.3 is 15.0 Å². The van der Waals surface area contributed by atoms with Crippen LogP contribution in [0.4, 0.5) is 0 Å². The second-order valence-corrected chi connectivity index (χ2v) is 8.42. The first-order valence-electron chi connectivity index (χ1n) is 10.3. The van der Waals surface area contributed by atoms with Crippen molar-refractivity contribution in [3.8, 4) is 5.75 Å². The van der Waals surface area contributed by atoms with Gasteiger partial charge in [0, 0.05) is 23.6 Å². The normalized spacial score (nSPS) is 27.6. The van der Waals surface area contributed by atoms with Crippen molar-refractivity contribution in [1.29, 1.82) is 0 Å². The van der Waals surface area contributed by atoms with Crippen molar-refractivity contribution in [3.63, 3.8) is 0 Å². The summed E-state index contributed by atoms with van der Waals surface area (Å²) in [7, 11) is 3.95. The fourth-order valence-electron chi connectivity index (χ4n) is 5.23. The van der Waals surface area contributed by atoms with Gasteiger partial charge in [-0.1, -0.05) is 30.3 Å². The molecule has 1 amide bonds. The van der Waals surface area contributed by atoms with Crippen LogP contribution in [-0.2, 0) is 5.41 Å². The van der Waals surface area contributed by atoms with E-state index in [1.807, 2.05) is 36.4 Å². The SMILES string of the molecule is COc1cccc(C23CCN(C)CC2CCC(NC(=O)c2ccccc2)C3)c1. The van der Waals surface area contributed by atoms with Gasteiger partial charge in [0.1, 0.15) is 5.75 Å². The number of piperidine rings is 1. The molecule has 4 nitrogen and oxygen atoms in total. The molecule has 2 aliphatic rings. The van der Waals surface area contributed by atoms with Gasteiger partial charge in [0.05, 0.1) is 7.11 Å². The molecule has 148 valence electrons. The van der Waals surface area contributed by atoms with Crippen LogP contribution in [0.2, 0.25) is 0 Å². The second-order valence-electron chi connectivity index (χ2n) is 8.42. The zero-order valence-corrected chi connectivity index (χ0v) is 16.9. The molecule has 1 aliphatic heterocycles. The summed E-state index contributed by atoms with van der Waals surface area (Å²) >= 11 is 0. The Labute approximate surface area is 167 Å². The Kier molecular flexibility index (Phi) is 5.40. The lowest BCUT2D eigenvalue weighted by atomic mass is 9.58. The number of fused-ring (bicyclic) bond motifs is 1. The van der Waals surface area contributed by atoms with Crippen molar-refractivity contribution in [1.82, 2.24) is 10.2 Å². The first-order valence-corrected chi connectivity index (χ1v) is 10.3. The molecule has 28 heavy (non-hydrogen) atoms. The topological polar surface area (TPSA) is 41.6 Å². The highest BCUT2D eigenvalue weighted by molar-refractivity contribution is 5.94. The average molecular weight is 379 g/mol. The van der Waals surface area contributed by atoms with E-state index < -0.39 is 0 Å². The van der Waals surface area contributed by atoms with E-state index in [2.05, 4.69) is 35.5 Å². The molecule has 1 aliphatic carbocycles. The Morgan fingerprint density at radius 1 is 1.14 bits per heavy atom. The summed E-state index contributed by atoms with van der Waals surface area (Å²) in [5, 5.41) is 3.32. The lowest BCUT2D eigenvalue weighted by Gasteiger charge is -2.52. The third-order valence-corrected chi connectivity index (χ3v) is 6.74. The highest BCUT2D eigenvalue weighted by Gasteiger charge is 2.47. The van der Waals surface area contributed by atoms with E-state index in [1.54, 1.807) is 7.11 Å². The summed E-state index contributed by atoms with van der Waals surface area (Å²) in [5.41, 5.74) is 2.21. The van der Waals surface area contributed by atoms with Crippen LogP contribution in [0, 0.1) is 5.92 Å². The maximum absolute atomic E-state index is 12.7. The number of likely N-dealkylation sites (tertiary alicyclic amines) is 1. The van der Waals surface area contributed by atoms with Crippen molar-refractivity contribution in [2.75, 3.05) is 27.2 Å². The summed E-state index contributed by atoms with van der Waals surface area (Å²) in [6.07, 6.45) is 4.31. The van der Waals surface area contributed by atoms with Crippen LogP contribution >= 0.6 is 0 Å². The van der Waals surface area contributed by atoms with E-state index in [1.165, 1.54) is 5.56 Å². The predicted octanol–water partition coefficient (Wildman–Crippen LogP) is 3.87. The summed E-state index contributed by atoms with van der Waals surface area (Å²) in [4.78, 5) is 15.2. The molecule has 3 atom stereocenters. The Morgan fingerprint density at radius 3 is 2.75 bits per heavy atom. The van der Waals surface area contributed by atoms with Crippen molar-refractivity contribution in [3.05, 3.63) is 65.7 Å². The number of ether oxygens (including phenoxy) is 1. The molecule has 1 N–H and O–H groups in total. The Morgan fingerprint density at radius 2 is 1.96 bits per heavy atom. The van der Waals surface area contributed by atoms with Crippen LogP contribution in [0.25, 0.3) is 0 Å². The minimum Gasteiger partial charge on any atom is -0.497 e. The van der Waals surface area contributed by atoms with Crippen molar-refractivity contribution in [2.45, 2.75) is 37.1 Å². The smallest absolute Gasteiger partial charge is 0.251 e. The predicted molar refractivity (Wildman–Crippen MR) is 112 cm³/mol. The lowest BCUT2D eigenvalue weighted by Crippen LogP contribution is -2.55. The van der Waals surface area contributed by atoms with Gasteiger partial charge >= 0.3 is 0 Å². The van der Waals surface area contributed by atoms with Gasteiger partial charge in [-0.3, -0.25) is 4.79 Å². The number of amides is 1. The number of nitrogens with zero attached hydrogens (tertiary/aromatic N) is 1. The molecule has 1 saturated carbocycles. The summed E-state index contributed by atoms with van der Waals surface area (Å²) in [5.74, 6) is 1.57. The fraction of sp³-hybridized carbons (Fsp3) is 0.458. The standard InChI is InChI=1S/C24H30N2O2/c1-26-14-13-24(19-9-6-10-22(15-19)28-2)16-21(12-11-20(24)17-26)25-23(27)18-7-4-3-5-8-18/h3-10,15,20-21H,11-14,16-17H2,1-2H3,(H,25,27). The average Bonchev–Trinajstić information content (AvgIpc) is 2.74. The summed E-state index contributed by atoms with van der Waals surface area (Å²) in [6, 6.07) is 18.3. The molecule has 4 heteroatoms. The Hall–Kier alpha value is -2.33. The van der Waals surface area contributed by atoms with E-state index >= 15 is 0 Å². The van der Waals surface area contributed by atoms with E-state index in [4.69, 9.17) is 4.74 Å². The zero-order valence-electron chi connectivity index (χ0n) is 16.9. The van der Waals surface area contributed by atoms with Gasteiger partial charge in [0.2, 0.25) is 0 Å². The van der Waals surface area contributed by atoms with Gasteiger partial charge in [-0.05, 0) is 75.0 Å². The maximum Gasteiger partial charge on any atom is 0.251 e.